The largest absolute Gasteiger partial charge is 0.486 e. The summed E-state index contributed by atoms with van der Waals surface area (Å²) < 4.78 is 19.6. The first kappa shape index (κ1) is 14.1. The molecule has 0 unspecified atom stereocenters. The van der Waals surface area contributed by atoms with Crippen molar-refractivity contribution in [3.05, 3.63) is 64.5 Å². The Morgan fingerprint density at radius 3 is 2.71 bits per heavy atom. The highest BCUT2D eigenvalue weighted by Crippen LogP contribution is 2.25. The lowest BCUT2D eigenvalue weighted by atomic mass is 10.1. The number of hydrogen-bond acceptors (Lipinski definition) is 2. The zero-order chi connectivity index (χ0) is 14.8. The number of fused-ring (bicyclic) bond motifs is 1. The first-order valence-electron chi connectivity index (χ1n) is 7.42. The fraction of sp³-hybridized carbons (Fsp3) is 0.333. The van der Waals surface area contributed by atoms with E-state index >= 15 is 0 Å². The van der Waals surface area contributed by atoms with Crippen LogP contribution >= 0.6 is 0 Å². The van der Waals surface area contributed by atoms with Crippen molar-refractivity contribution < 1.29 is 9.13 Å². The third-order valence-electron chi connectivity index (χ3n) is 4.04. The van der Waals surface area contributed by atoms with Crippen LogP contribution in [0.4, 0.5) is 4.39 Å². The highest BCUT2D eigenvalue weighted by Gasteiger charge is 2.12. The molecule has 0 spiro atoms. The van der Waals surface area contributed by atoms with Gasteiger partial charge in [0.25, 0.3) is 0 Å². The molecule has 3 heteroatoms. The van der Waals surface area contributed by atoms with E-state index in [0.29, 0.717) is 6.61 Å². The Labute approximate surface area is 124 Å². The second-order valence-electron chi connectivity index (χ2n) is 5.72. The summed E-state index contributed by atoms with van der Waals surface area (Å²) in [4.78, 5) is 0. The number of ether oxygens (including phenoxy) is 1. The third kappa shape index (κ3) is 3.08. The summed E-state index contributed by atoms with van der Waals surface area (Å²) >= 11 is 0. The molecular weight excluding hydrogens is 265 g/mol. The highest BCUT2D eigenvalue weighted by atomic mass is 19.1. The zero-order valence-corrected chi connectivity index (χ0v) is 12.2. The van der Waals surface area contributed by atoms with Gasteiger partial charge in [0.2, 0.25) is 0 Å². The molecule has 0 saturated heterocycles. The molecular formula is C18H20FNO. The van der Waals surface area contributed by atoms with Crippen LogP contribution in [0.1, 0.15) is 41.6 Å². The van der Waals surface area contributed by atoms with Gasteiger partial charge >= 0.3 is 0 Å². The Bertz CT molecular complexity index is 652. The van der Waals surface area contributed by atoms with Gasteiger partial charge in [0.1, 0.15) is 6.61 Å². The quantitative estimate of drug-likeness (QED) is 0.924. The molecule has 0 bridgehead atoms. The molecule has 1 aliphatic carbocycles. The molecule has 0 radical (unpaired) electrons. The number of rotatable bonds is 4. The molecule has 0 fully saturated rings. The molecule has 0 saturated carbocycles. The van der Waals surface area contributed by atoms with Crippen LogP contribution in [0.15, 0.2) is 36.4 Å². The number of nitrogens with two attached hydrogens (primary N) is 1. The van der Waals surface area contributed by atoms with Crippen LogP contribution < -0.4 is 10.5 Å². The maximum Gasteiger partial charge on any atom is 0.165 e. The van der Waals surface area contributed by atoms with Gasteiger partial charge in [0.05, 0.1) is 0 Å². The number of hydrogen-bond donors (Lipinski definition) is 1. The molecule has 1 atom stereocenters. The van der Waals surface area contributed by atoms with Crippen LogP contribution in [0.5, 0.6) is 5.75 Å². The van der Waals surface area contributed by atoms with Gasteiger partial charge in [-0.05, 0) is 60.6 Å². The molecule has 3 rings (SSSR count). The molecule has 21 heavy (non-hydrogen) atoms. The first-order valence-corrected chi connectivity index (χ1v) is 7.42. The van der Waals surface area contributed by atoms with Crippen LogP contribution in [0.3, 0.4) is 0 Å². The smallest absolute Gasteiger partial charge is 0.165 e. The Balaban J connectivity index is 1.70. The third-order valence-corrected chi connectivity index (χ3v) is 4.04. The second-order valence-corrected chi connectivity index (χ2v) is 5.72. The normalized spacial score (nSPS) is 14.8. The zero-order valence-electron chi connectivity index (χ0n) is 12.2. The van der Waals surface area contributed by atoms with E-state index in [1.54, 1.807) is 6.07 Å². The van der Waals surface area contributed by atoms with E-state index in [2.05, 4.69) is 18.2 Å². The summed E-state index contributed by atoms with van der Waals surface area (Å²) in [7, 11) is 0. The van der Waals surface area contributed by atoms with Gasteiger partial charge in [-0.2, -0.15) is 0 Å². The Kier molecular flexibility index (Phi) is 3.93. The molecule has 2 aromatic carbocycles. The SMILES string of the molecule is C[C@@H](N)c1ccc(OCc2ccc3c(c2)CCC3)c(F)c1. The van der Waals surface area contributed by atoms with Gasteiger partial charge in [0, 0.05) is 6.04 Å². The Morgan fingerprint density at radius 2 is 1.95 bits per heavy atom. The fourth-order valence-corrected chi connectivity index (χ4v) is 2.79. The van der Waals surface area contributed by atoms with Gasteiger partial charge < -0.3 is 10.5 Å². The fourth-order valence-electron chi connectivity index (χ4n) is 2.79. The van der Waals surface area contributed by atoms with Crippen molar-refractivity contribution in [1.82, 2.24) is 0 Å². The summed E-state index contributed by atoms with van der Waals surface area (Å²) in [6.07, 6.45) is 3.54. The van der Waals surface area contributed by atoms with Crippen molar-refractivity contribution in [3.8, 4) is 5.75 Å². The average Bonchev–Trinajstić information content (AvgIpc) is 2.93. The van der Waals surface area contributed by atoms with E-state index in [0.717, 1.165) is 17.5 Å². The molecule has 0 heterocycles. The maximum absolute atomic E-state index is 14.0. The molecule has 1 aliphatic rings. The summed E-state index contributed by atoms with van der Waals surface area (Å²) in [5, 5.41) is 0. The summed E-state index contributed by atoms with van der Waals surface area (Å²) in [5.41, 5.74) is 10.4. The van der Waals surface area contributed by atoms with Crippen molar-refractivity contribution in [2.45, 2.75) is 38.8 Å². The predicted octanol–water partition coefficient (Wildman–Crippen LogP) is 3.91. The maximum atomic E-state index is 14.0. The number of halogens is 1. The van der Waals surface area contributed by atoms with E-state index in [1.807, 2.05) is 13.0 Å². The van der Waals surface area contributed by atoms with Crippen molar-refractivity contribution in [1.29, 1.82) is 0 Å². The minimum absolute atomic E-state index is 0.176. The topological polar surface area (TPSA) is 35.2 Å². The van der Waals surface area contributed by atoms with Gasteiger partial charge in [-0.1, -0.05) is 24.3 Å². The standard InChI is InChI=1S/C18H20FNO/c1-12(20)15-7-8-18(17(19)10-15)21-11-13-5-6-14-3-2-4-16(14)9-13/h5-10,12H,2-4,11,20H2,1H3/t12-/m1/s1. The minimum Gasteiger partial charge on any atom is -0.486 e. The van der Waals surface area contributed by atoms with E-state index < -0.39 is 0 Å². The molecule has 0 aromatic heterocycles. The number of benzene rings is 2. The minimum atomic E-state index is -0.356. The lowest BCUT2D eigenvalue weighted by Crippen LogP contribution is -2.06. The molecule has 110 valence electrons. The summed E-state index contributed by atoms with van der Waals surface area (Å²) in [6, 6.07) is 11.1. The molecule has 2 aromatic rings. The van der Waals surface area contributed by atoms with E-state index in [4.69, 9.17) is 10.5 Å². The predicted molar refractivity (Wildman–Crippen MR) is 81.8 cm³/mol. The van der Waals surface area contributed by atoms with Crippen LogP contribution in [0, 0.1) is 5.82 Å². The van der Waals surface area contributed by atoms with Crippen LogP contribution in [-0.4, -0.2) is 0 Å². The van der Waals surface area contributed by atoms with E-state index in [1.165, 1.54) is 30.0 Å². The highest BCUT2D eigenvalue weighted by molar-refractivity contribution is 5.36. The van der Waals surface area contributed by atoms with Crippen molar-refractivity contribution >= 4 is 0 Å². The van der Waals surface area contributed by atoms with Crippen molar-refractivity contribution in [2.75, 3.05) is 0 Å². The lowest BCUT2D eigenvalue weighted by Gasteiger charge is -2.11. The Hall–Kier alpha value is -1.87. The van der Waals surface area contributed by atoms with E-state index in [-0.39, 0.29) is 17.6 Å². The van der Waals surface area contributed by atoms with Gasteiger partial charge in [-0.3, -0.25) is 0 Å². The Morgan fingerprint density at radius 1 is 1.14 bits per heavy atom. The molecule has 2 N–H and O–H groups in total. The molecule has 2 nitrogen and oxygen atoms in total. The molecule has 0 amide bonds. The van der Waals surface area contributed by atoms with Gasteiger partial charge in [-0.25, -0.2) is 4.39 Å². The van der Waals surface area contributed by atoms with Crippen LogP contribution in [0.2, 0.25) is 0 Å². The summed E-state index contributed by atoms with van der Waals surface area (Å²) in [6.45, 7) is 2.22. The first-order chi connectivity index (χ1) is 10.1. The van der Waals surface area contributed by atoms with Crippen molar-refractivity contribution in [3.63, 3.8) is 0 Å². The number of aryl methyl sites for hydroxylation is 2. The second kappa shape index (κ2) is 5.86. The van der Waals surface area contributed by atoms with Crippen LogP contribution in [-0.2, 0) is 19.4 Å². The van der Waals surface area contributed by atoms with Gasteiger partial charge in [0.15, 0.2) is 11.6 Å². The van der Waals surface area contributed by atoms with Crippen LogP contribution in [0.25, 0.3) is 0 Å². The lowest BCUT2D eigenvalue weighted by molar-refractivity contribution is 0.290. The van der Waals surface area contributed by atoms with E-state index in [9.17, 15) is 4.39 Å². The average molecular weight is 285 g/mol. The molecule has 0 aliphatic heterocycles. The van der Waals surface area contributed by atoms with Crippen molar-refractivity contribution in [2.24, 2.45) is 5.73 Å². The monoisotopic (exact) mass is 285 g/mol. The summed E-state index contributed by atoms with van der Waals surface area (Å²) in [5.74, 6) is -0.0779. The van der Waals surface area contributed by atoms with Gasteiger partial charge in [-0.15, -0.1) is 0 Å².